The van der Waals surface area contributed by atoms with Gasteiger partial charge in [0.15, 0.2) is 0 Å². The first-order valence-electron chi connectivity index (χ1n) is 9.76. The average Bonchev–Trinajstić information content (AvgIpc) is 2.92. The summed E-state index contributed by atoms with van der Waals surface area (Å²) in [7, 11) is -1.92. The Kier molecular flexibility index (Phi) is 5.48. The van der Waals surface area contributed by atoms with Crippen LogP contribution in [0, 0.1) is 0 Å². The molecule has 0 aliphatic carbocycles. The molecular formula is C21H23N3O5S. The van der Waals surface area contributed by atoms with Crippen molar-refractivity contribution in [2.24, 2.45) is 0 Å². The molecule has 1 saturated heterocycles. The van der Waals surface area contributed by atoms with Crippen LogP contribution in [0.3, 0.4) is 0 Å². The van der Waals surface area contributed by atoms with Crippen LogP contribution in [0.1, 0.15) is 23.2 Å². The highest BCUT2D eigenvalue weighted by atomic mass is 32.2. The predicted molar refractivity (Wildman–Crippen MR) is 111 cm³/mol. The molecule has 2 heterocycles. The topological polar surface area (TPSA) is 96.0 Å². The summed E-state index contributed by atoms with van der Waals surface area (Å²) in [5, 5.41) is 2.63. The minimum atomic E-state index is -4.01. The number of piperidine rings is 1. The fourth-order valence-electron chi connectivity index (χ4n) is 3.63. The zero-order chi connectivity index (χ0) is 21.3. The maximum absolute atomic E-state index is 12.5. The number of anilines is 1. The number of carbonyl (C=O) groups is 2. The molecule has 2 aliphatic rings. The van der Waals surface area contributed by atoms with Crippen LogP contribution in [-0.4, -0.2) is 62.2 Å². The minimum absolute atomic E-state index is 0.0711. The molecule has 158 valence electrons. The van der Waals surface area contributed by atoms with Crippen molar-refractivity contribution in [1.29, 1.82) is 0 Å². The van der Waals surface area contributed by atoms with Crippen molar-refractivity contribution >= 4 is 27.5 Å². The van der Waals surface area contributed by atoms with Gasteiger partial charge in [-0.25, -0.2) is 12.7 Å². The van der Waals surface area contributed by atoms with Crippen LogP contribution >= 0.6 is 0 Å². The van der Waals surface area contributed by atoms with Gasteiger partial charge in [-0.2, -0.15) is 0 Å². The highest BCUT2D eigenvalue weighted by Crippen LogP contribution is 2.29. The van der Waals surface area contributed by atoms with E-state index in [1.54, 1.807) is 36.4 Å². The predicted octanol–water partition coefficient (Wildman–Crippen LogP) is 1.94. The number of hydrogen-bond donors (Lipinski definition) is 1. The van der Waals surface area contributed by atoms with Gasteiger partial charge in [-0.15, -0.1) is 0 Å². The second-order valence-electron chi connectivity index (χ2n) is 7.51. The van der Waals surface area contributed by atoms with E-state index < -0.39 is 28.4 Å². The molecule has 2 aliphatic heterocycles. The lowest BCUT2D eigenvalue weighted by Gasteiger charge is -2.29. The van der Waals surface area contributed by atoms with Crippen LogP contribution in [0.2, 0.25) is 0 Å². The minimum Gasteiger partial charge on any atom is -0.490 e. The molecule has 1 N–H and O–H groups in total. The van der Waals surface area contributed by atoms with Gasteiger partial charge in [0.25, 0.3) is 15.9 Å². The molecule has 0 saturated carbocycles. The highest BCUT2D eigenvalue weighted by Gasteiger charge is 2.41. The van der Waals surface area contributed by atoms with Gasteiger partial charge in [0.05, 0.1) is 5.56 Å². The molecular weight excluding hydrogens is 406 g/mol. The number of ether oxygens (including phenoxy) is 1. The standard InChI is InChI=1S/C21H23N3O5S/c1-23-12-10-17(11-13-23)29-16-8-6-15(7-9-16)22-20(25)14-24-21(26)18-4-2-3-5-19(18)30(24,27)28/h2-9,17H,10-14H2,1H3,(H,22,25). The fraction of sp³-hybridized carbons (Fsp3) is 0.333. The first-order valence-corrected chi connectivity index (χ1v) is 11.2. The van der Waals surface area contributed by atoms with Gasteiger partial charge in [-0.1, -0.05) is 12.1 Å². The monoisotopic (exact) mass is 429 g/mol. The second kappa shape index (κ2) is 8.08. The largest absolute Gasteiger partial charge is 0.490 e. The third-order valence-electron chi connectivity index (χ3n) is 5.31. The molecule has 0 radical (unpaired) electrons. The van der Waals surface area contributed by atoms with E-state index in [0.717, 1.165) is 31.7 Å². The van der Waals surface area contributed by atoms with Crippen LogP contribution < -0.4 is 10.1 Å². The number of likely N-dealkylation sites (tertiary alicyclic amines) is 1. The number of nitrogens with zero attached hydrogens (tertiary/aromatic N) is 2. The number of hydrogen-bond acceptors (Lipinski definition) is 6. The smallest absolute Gasteiger partial charge is 0.269 e. The van der Waals surface area contributed by atoms with Crippen LogP contribution in [0.5, 0.6) is 5.75 Å². The number of rotatable bonds is 5. The maximum atomic E-state index is 12.5. The summed E-state index contributed by atoms with van der Waals surface area (Å²) in [5.74, 6) is -0.568. The third-order valence-corrected chi connectivity index (χ3v) is 7.09. The molecule has 0 spiro atoms. The normalized spacial score (nSPS) is 18.8. The Hall–Kier alpha value is -2.91. The van der Waals surface area contributed by atoms with Gasteiger partial charge < -0.3 is 15.0 Å². The zero-order valence-corrected chi connectivity index (χ0v) is 17.4. The Morgan fingerprint density at radius 2 is 1.77 bits per heavy atom. The Bertz CT molecular complexity index is 1060. The second-order valence-corrected chi connectivity index (χ2v) is 9.34. The summed E-state index contributed by atoms with van der Waals surface area (Å²) in [6.45, 7) is 1.42. The maximum Gasteiger partial charge on any atom is 0.269 e. The Morgan fingerprint density at radius 3 is 2.43 bits per heavy atom. The summed E-state index contributed by atoms with van der Waals surface area (Å²) >= 11 is 0. The van der Waals surface area contributed by atoms with Gasteiger partial charge >= 0.3 is 0 Å². The number of amides is 2. The van der Waals surface area contributed by atoms with E-state index in [0.29, 0.717) is 9.99 Å². The van der Waals surface area contributed by atoms with E-state index in [9.17, 15) is 18.0 Å². The Morgan fingerprint density at radius 1 is 1.10 bits per heavy atom. The zero-order valence-electron chi connectivity index (χ0n) is 16.6. The van der Waals surface area contributed by atoms with E-state index >= 15 is 0 Å². The SMILES string of the molecule is CN1CCC(Oc2ccc(NC(=O)CN3C(=O)c4ccccc4S3(=O)=O)cc2)CC1. The van der Waals surface area contributed by atoms with E-state index in [1.807, 2.05) is 0 Å². The van der Waals surface area contributed by atoms with Crippen LogP contribution in [0.4, 0.5) is 5.69 Å². The Balaban J connectivity index is 1.36. The molecule has 4 rings (SSSR count). The quantitative estimate of drug-likeness (QED) is 0.781. The molecule has 8 nitrogen and oxygen atoms in total. The van der Waals surface area contributed by atoms with Crippen LogP contribution in [0.15, 0.2) is 53.4 Å². The van der Waals surface area contributed by atoms with E-state index in [4.69, 9.17) is 4.74 Å². The van der Waals surface area contributed by atoms with Gasteiger partial charge in [0.1, 0.15) is 23.3 Å². The van der Waals surface area contributed by atoms with Crippen molar-refractivity contribution in [2.75, 3.05) is 32.0 Å². The summed E-state index contributed by atoms with van der Waals surface area (Å²) in [6, 6.07) is 12.9. The molecule has 1 fully saturated rings. The van der Waals surface area contributed by atoms with Crippen molar-refractivity contribution < 1.29 is 22.7 Å². The summed E-state index contributed by atoms with van der Waals surface area (Å²) in [4.78, 5) is 27.0. The molecule has 0 aromatic heterocycles. The summed E-state index contributed by atoms with van der Waals surface area (Å²) < 4.78 is 31.7. The highest BCUT2D eigenvalue weighted by molar-refractivity contribution is 7.90. The molecule has 2 amide bonds. The molecule has 2 aromatic carbocycles. The lowest BCUT2D eigenvalue weighted by molar-refractivity contribution is -0.116. The molecule has 0 unspecified atom stereocenters. The van der Waals surface area contributed by atoms with Gasteiger partial charge in [0.2, 0.25) is 5.91 Å². The van der Waals surface area contributed by atoms with Crippen molar-refractivity contribution in [2.45, 2.75) is 23.8 Å². The van der Waals surface area contributed by atoms with Crippen molar-refractivity contribution in [3.05, 3.63) is 54.1 Å². The van der Waals surface area contributed by atoms with Crippen molar-refractivity contribution in [3.63, 3.8) is 0 Å². The number of benzene rings is 2. The van der Waals surface area contributed by atoms with E-state index in [2.05, 4.69) is 17.3 Å². The number of carbonyl (C=O) groups excluding carboxylic acids is 2. The molecule has 9 heteroatoms. The van der Waals surface area contributed by atoms with Crippen LogP contribution in [0.25, 0.3) is 0 Å². The average molecular weight is 429 g/mol. The first kappa shape index (κ1) is 20.4. The van der Waals surface area contributed by atoms with Gasteiger partial charge in [0, 0.05) is 18.8 Å². The van der Waals surface area contributed by atoms with E-state index in [-0.39, 0.29) is 16.6 Å². The van der Waals surface area contributed by atoms with Gasteiger partial charge in [-0.3, -0.25) is 9.59 Å². The van der Waals surface area contributed by atoms with Crippen molar-refractivity contribution in [1.82, 2.24) is 9.21 Å². The van der Waals surface area contributed by atoms with Crippen molar-refractivity contribution in [3.8, 4) is 5.75 Å². The molecule has 2 aromatic rings. The lowest BCUT2D eigenvalue weighted by atomic mass is 10.1. The van der Waals surface area contributed by atoms with E-state index in [1.165, 1.54) is 12.1 Å². The third kappa shape index (κ3) is 4.03. The molecule has 30 heavy (non-hydrogen) atoms. The fourth-order valence-corrected chi connectivity index (χ4v) is 5.16. The molecule has 0 bridgehead atoms. The molecule has 0 atom stereocenters. The lowest BCUT2D eigenvalue weighted by Crippen LogP contribution is -2.37. The summed E-state index contributed by atoms with van der Waals surface area (Å²) in [6.07, 6.45) is 2.11. The Labute approximate surface area is 175 Å². The number of fused-ring (bicyclic) bond motifs is 1. The number of nitrogens with one attached hydrogen (secondary N) is 1. The van der Waals surface area contributed by atoms with Gasteiger partial charge in [-0.05, 0) is 56.3 Å². The first-order chi connectivity index (χ1) is 14.3. The number of sulfonamides is 1. The summed E-state index contributed by atoms with van der Waals surface area (Å²) in [5.41, 5.74) is 0.581. The van der Waals surface area contributed by atoms with Crippen LogP contribution in [-0.2, 0) is 14.8 Å².